The molecule has 5 heteroatoms. The Kier molecular flexibility index (Phi) is 7.15. The van der Waals surface area contributed by atoms with Crippen molar-refractivity contribution in [1.82, 2.24) is 5.32 Å². The van der Waals surface area contributed by atoms with Crippen LogP contribution in [-0.4, -0.2) is 34.7 Å². The molecule has 1 amide bonds. The molecule has 1 rings (SSSR count). The highest BCUT2D eigenvalue weighted by atomic mass is 16.4. The van der Waals surface area contributed by atoms with Gasteiger partial charge in [0.2, 0.25) is 5.91 Å². The molecule has 1 fully saturated rings. The van der Waals surface area contributed by atoms with E-state index in [2.05, 4.69) is 19.2 Å². The molecular weight excluding hydrogens is 270 g/mol. The lowest BCUT2D eigenvalue weighted by molar-refractivity contribution is -0.144. The Labute approximate surface area is 127 Å². The summed E-state index contributed by atoms with van der Waals surface area (Å²) in [6, 6.07) is -0.159. The number of nitrogens with one attached hydrogen (secondary N) is 1. The molecule has 1 aliphatic rings. The minimum atomic E-state index is -0.809. The number of aliphatic carboxylic acids is 1. The van der Waals surface area contributed by atoms with E-state index in [-0.39, 0.29) is 30.4 Å². The normalized spacial score (nSPS) is 26.8. The number of carbonyl (C=O) groups excluding carboxylic acids is 1. The molecule has 5 nitrogen and oxygen atoms in total. The quantitative estimate of drug-likeness (QED) is 0.640. The van der Waals surface area contributed by atoms with Gasteiger partial charge in [-0.3, -0.25) is 9.59 Å². The van der Waals surface area contributed by atoms with Crippen molar-refractivity contribution in [3.63, 3.8) is 0 Å². The van der Waals surface area contributed by atoms with Gasteiger partial charge in [0, 0.05) is 19.6 Å². The summed E-state index contributed by atoms with van der Waals surface area (Å²) >= 11 is 0. The standard InChI is InChI=1S/C16H29NO4/c1-4-11(5-2)8-14(17-10(3)19)15-12(9-18)6-7-13(15)16(20)21/h11-15,18H,4-9H2,1-3H3,(H,17,19)(H,20,21)/t12-,13+,14-,15?/m0/s1. The Morgan fingerprint density at radius 3 is 2.29 bits per heavy atom. The first-order chi connectivity index (χ1) is 9.94. The molecule has 1 saturated carbocycles. The number of aliphatic hydroxyl groups is 1. The SMILES string of the molecule is CCC(CC)C[C@H](NC(C)=O)C1[C@H](CO)CC[C@H]1C(=O)O. The van der Waals surface area contributed by atoms with Crippen molar-refractivity contribution in [3.8, 4) is 0 Å². The average molecular weight is 299 g/mol. The first kappa shape index (κ1) is 18.0. The largest absolute Gasteiger partial charge is 0.481 e. The Morgan fingerprint density at radius 1 is 1.24 bits per heavy atom. The van der Waals surface area contributed by atoms with Gasteiger partial charge in [-0.2, -0.15) is 0 Å². The van der Waals surface area contributed by atoms with E-state index in [1.54, 1.807) is 0 Å². The lowest BCUT2D eigenvalue weighted by Crippen LogP contribution is -2.46. The first-order valence-electron chi connectivity index (χ1n) is 8.05. The third-order valence-corrected chi connectivity index (χ3v) is 5.00. The van der Waals surface area contributed by atoms with E-state index in [1.165, 1.54) is 6.92 Å². The molecule has 122 valence electrons. The highest BCUT2D eigenvalue weighted by molar-refractivity contribution is 5.74. The van der Waals surface area contributed by atoms with E-state index in [1.807, 2.05) is 0 Å². The van der Waals surface area contributed by atoms with Gasteiger partial charge in [0.15, 0.2) is 0 Å². The van der Waals surface area contributed by atoms with Crippen molar-refractivity contribution in [2.75, 3.05) is 6.61 Å². The molecule has 1 aliphatic carbocycles. The summed E-state index contributed by atoms with van der Waals surface area (Å²) in [6.07, 6.45) is 4.13. The Bertz CT molecular complexity index is 354. The van der Waals surface area contributed by atoms with Crippen LogP contribution in [0.3, 0.4) is 0 Å². The fraction of sp³-hybridized carbons (Fsp3) is 0.875. The molecule has 0 aromatic rings. The van der Waals surface area contributed by atoms with Crippen LogP contribution in [0.2, 0.25) is 0 Å². The van der Waals surface area contributed by atoms with Gasteiger partial charge in [-0.1, -0.05) is 26.7 Å². The molecule has 0 aliphatic heterocycles. The van der Waals surface area contributed by atoms with Crippen LogP contribution in [0.4, 0.5) is 0 Å². The molecule has 0 bridgehead atoms. The van der Waals surface area contributed by atoms with Crippen LogP contribution in [0.1, 0.15) is 52.9 Å². The molecule has 0 aromatic heterocycles. The monoisotopic (exact) mass is 299 g/mol. The number of hydrogen-bond donors (Lipinski definition) is 3. The maximum atomic E-state index is 11.5. The second-order valence-electron chi connectivity index (χ2n) is 6.27. The minimum absolute atomic E-state index is 0.00650. The van der Waals surface area contributed by atoms with Gasteiger partial charge in [0.1, 0.15) is 0 Å². The van der Waals surface area contributed by atoms with Gasteiger partial charge in [0.25, 0.3) is 0 Å². The van der Waals surface area contributed by atoms with E-state index in [9.17, 15) is 19.8 Å². The van der Waals surface area contributed by atoms with Crippen molar-refractivity contribution < 1.29 is 19.8 Å². The summed E-state index contributed by atoms with van der Waals surface area (Å²) in [5, 5.41) is 22.0. The Balaban J connectivity index is 2.96. The van der Waals surface area contributed by atoms with Gasteiger partial charge in [-0.15, -0.1) is 0 Å². The number of carbonyl (C=O) groups is 2. The molecule has 0 heterocycles. The maximum Gasteiger partial charge on any atom is 0.306 e. The summed E-state index contributed by atoms with van der Waals surface area (Å²) in [7, 11) is 0. The van der Waals surface area contributed by atoms with Gasteiger partial charge in [-0.25, -0.2) is 0 Å². The van der Waals surface area contributed by atoms with E-state index in [0.29, 0.717) is 12.3 Å². The van der Waals surface area contributed by atoms with Crippen molar-refractivity contribution in [2.24, 2.45) is 23.7 Å². The average Bonchev–Trinajstić information content (AvgIpc) is 2.86. The van der Waals surface area contributed by atoms with Crippen LogP contribution >= 0.6 is 0 Å². The van der Waals surface area contributed by atoms with E-state index in [4.69, 9.17) is 0 Å². The summed E-state index contributed by atoms with van der Waals surface area (Å²) in [6.45, 7) is 5.70. The lowest BCUT2D eigenvalue weighted by Gasteiger charge is -2.33. The lowest BCUT2D eigenvalue weighted by atomic mass is 9.78. The second-order valence-corrected chi connectivity index (χ2v) is 6.27. The zero-order chi connectivity index (χ0) is 16.0. The van der Waals surface area contributed by atoms with Crippen LogP contribution in [0.15, 0.2) is 0 Å². The number of carboxylic acids is 1. The number of rotatable bonds is 8. The number of amides is 1. The summed E-state index contributed by atoms with van der Waals surface area (Å²) in [5.41, 5.74) is 0. The Hall–Kier alpha value is -1.10. The van der Waals surface area contributed by atoms with Crippen molar-refractivity contribution in [3.05, 3.63) is 0 Å². The zero-order valence-electron chi connectivity index (χ0n) is 13.3. The van der Waals surface area contributed by atoms with E-state index >= 15 is 0 Å². The van der Waals surface area contributed by atoms with Crippen molar-refractivity contribution in [2.45, 2.75) is 58.9 Å². The van der Waals surface area contributed by atoms with Crippen LogP contribution < -0.4 is 5.32 Å². The third-order valence-electron chi connectivity index (χ3n) is 5.00. The molecule has 0 radical (unpaired) electrons. The highest BCUT2D eigenvalue weighted by Crippen LogP contribution is 2.41. The molecule has 0 saturated heterocycles. The number of aliphatic hydroxyl groups excluding tert-OH is 1. The van der Waals surface area contributed by atoms with Crippen LogP contribution in [0, 0.1) is 23.7 Å². The summed E-state index contributed by atoms with van der Waals surface area (Å²) in [4.78, 5) is 23.0. The first-order valence-corrected chi connectivity index (χ1v) is 8.05. The smallest absolute Gasteiger partial charge is 0.306 e. The minimum Gasteiger partial charge on any atom is -0.481 e. The molecule has 4 atom stereocenters. The van der Waals surface area contributed by atoms with Crippen LogP contribution in [0.5, 0.6) is 0 Å². The van der Waals surface area contributed by atoms with E-state index in [0.717, 1.165) is 25.7 Å². The third kappa shape index (κ3) is 4.70. The predicted octanol–water partition coefficient (Wildman–Crippen LogP) is 2.04. The fourth-order valence-corrected chi connectivity index (χ4v) is 3.77. The molecular formula is C16H29NO4. The van der Waals surface area contributed by atoms with Crippen molar-refractivity contribution in [1.29, 1.82) is 0 Å². The maximum absolute atomic E-state index is 11.5. The summed E-state index contributed by atoms with van der Waals surface area (Å²) in [5.74, 6) is -1.13. The molecule has 21 heavy (non-hydrogen) atoms. The Morgan fingerprint density at radius 2 is 1.86 bits per heavy atom. The van der Waals surface area contributed by atoms with Gasteiger partial charge >= 0.3 is 5.97 Å². The van der Waals surface area contributed by atoms with E-state index < -0.39 is 11.9 Å². The molecule has 1 unspecified atom stereocenters. The number of carboxylic acid groups (broad SMARTS) is 1. The number of hydrogen-bond acceptors (Lipinski definition) is 3. The van der Waals surface area contributed by atoms with Gasteiger partial charge < -0.3 is 15.5 Å². The van der Waals surface area contributed by atoms with Crippen LogP contribution in [0.25, 0.3) is 0 Å². The summed E-state index contributed by atoms with van der Waals surface area (Å²) < 4.78 is 0. The second kappa shape index (κ2) is 8.37. The van der Waals surface area contributed by atoms with Crippen LogP contribution in [-0.2, 0) is 9.59 Å². The molecule has 3 N–H and O–H groups in total. The highest BCUT2D eigenvalue weighted by Gasteiger charge is 2.44. The van der Waals surface area contributed by atoms with Gasteiger partial charge in [-0.05, 0) is 37.0 Å². The predicted molar refractivity (Wildman–Crippen MR) is 80.7 cm³/mol. The van der Waals surface area contributed by atoms with Gasteiger partial charge in [0.05, 0.1) is 5.92 Å². The zero-order valence-corrected chi connectivity index (χ0v) is 13.3. The van der Waals surface area contributed by atoms with Crippen molar-refractivity contribution >= 4 is 11.9 Å². The molecule has 0 aromatic carbocycles. The fourth-order valence-electron chi connectivity index (χ4n) is 3.77. The molecule has 0 spiro atoms. The topological polar surface area (TPSA) is 86.6 Å².